The van der Waals surface area contributed by atoms with Crippen molar-refractivity contribution in [3.8, 4) is 5.75 Å². The lowest BCUT2D eigenvalue weighted by atomic mass is 10.1. The number of carbonyl (C=O) groups excluding carboxylic acids is 2. The summed E-state index contributed by atoms with van der Waals surface area (Å²) < 4.78 is 5.62. The predicted molar refractivity (Wildman–Crippen MR) is 91.4 cm³/mol. The smallest absolute Gasteiger partial charge is 0.262 e. The van der Waals surface area contributed by atoms with E-state index < -0.39 is 0 Å². The number of halogens is 1. The molecule has 124 valence electrons. The van der Waals surface area contributed by atoms with Crippen molar-refractivity contribution in [1.82, 2.24) is 9.80 Å². The van der Waals surface area contributed by atoms with Gasteiger partial charge in [-0.3, -0.25) is 19.4 Å². The van der Waals surface area contributed by atoms with E-state index in [1.54, 1.807) is 48.5 Å². The fraction of sp³-hybridized carbons (Fsp3) is 0.222. The van der Waals surface area contributed by atoms with Crippen LogP contribution in [0.4, 0.5) is 0 Å². The van der Waals surface area contributed by atoms with Crippen molar-refractivity contribution in [3.05, 3.63) is 64.7 Å². The van der Waals surface area contributed by atoms with E-state index >= 15 is 0 Å². The Kier molecular flexibility index (Phi) is 4.83. The number of carbonyl (C=O) groups is 2. The molecule has 2 aromatic rings. The summed E-state index contributed by atoms with van der Waals surface area (Å²) in [7, 11) is 1.84. The number of ether oxygens (including phenoxy) is 1. The summed E-state index contributed by atoms with van der Waals surface area (Å²) in [6.45, 7) is 1.26. The summed E-state index contributed by atoms with van der Waals surface area (Å²) >= 11 is 5.82. The second kappa shape index (κ2) is 7.03. The molecule has 0 saturated heterocycles. The number of imide groups is 1. The van der Waals surface area contributed by atoms with Crippen LogP contribution in [0.1, 0.15) is 20.7 Å². The maximum Gasteiger partial charge on any atom is 0.262 e. The van der Waals surface area contributed by atoms with Gasteiger partial charge in [-0.15, -0.1) is 0 Å². The maximum absolute atomic E-state index is 12.3. The van der Waals surface area contributed by atoms with E-state index in [1.807, 2.05) is 11.9 Å². The highest BCUT2D eigenvalue weighted by atomic mass is 35.5. The van der Waals surface area contributed by atoms with Gasteiger partial charge >= 0.3 is 0 Å². The zero-order valence-corrected chi connectivity index (χ0v) is 14.0. The van der Waals surface area contributed by atoms with Gasteiger partial charge in [0.05, 0.1) is 17.8 Å². The third-order valence-corrected chi connectivity index (χ3v) is 4.07. The molecule has 3 rings (SSSR count). The highest BCUT2D eigenvalue weighted by Crippen LogP contribution is 2.22. The first-order valence-electron chi connectivity index (χ1n) is 7.58. The van der Waals surface area contributed by atoms with E-state index in [0.29, 0.717) is 29.3 Å². The zero-order valence-electron chi connectivity index (χ0n) is 13.2. The third kappa shape index (κ3) is 3.42. The van der Waals surface area contributed by atoms with Crippen LogP contribution in [0.3, 0.4) is 0 Å². The minimum atomic E-state index is -0.249. The highest BCUT2D eigenvalue weighted by molar-refractivity contribution is 6.30. The Labute approximate surface area is 145 Å². The van der Waals surface area contributed by atoms with E-state index in [-0.39, 0.29) is 18.5 Å². The molecule has 0 saturated carbocycles. The Bertz CT molecular complexity index is 726. The van der Waals surface area contributed by atoms with E-state index in [0.717, 1.165) is 5.75 Å². The first-order chi connectivity index (χ1) is 11.6. The molecule has 0 bridgehead atoms. The Morgan fingerprint density at radius 3 is 2.17 bits per heavy atom. The molecule has 2 amide bonds. The number of likely N-dealkylation sites (N-methyl/N-ethyl adjacent to an activating group) is 1. The van der Waals surface area contributed by atoms with Crippen LogP contribution < -0.4 is 4.74 Å². The van der Waals surface area contributed by atoms with Gasteiger partial charge < -0.3 is 4.74 Å². The van der Waals surface area contributed by atoms with Crippen LogP contribution in [0.5, 0.6) is 5.75 Å². The number of amides is 2. The Balaban J connectivity index is 1.52. The molecule has 24 heavy (non-hydrogen) atoms. The lowest BCUT2D eigenvalue weighted by Gasteiger charge is -2.22. The average Bonchev–Trinajstić information content (AvgIpc) is 2.82. The normalized spacial score (nSPS) is 13.5. The Morgan fingerprint density at radius 1 is 1.00 bits per heavy atom. The Hall–Kier alpha value is -2.37. The van der Waals surface area contributed by atoms with Gasteiger partial charge in [-0.2, -0.15) is 0 Å². The van der Waals surface area contributed by atoms with Crippen molar-refractivity contribution in [2.45, 2.75) is 0 Å². The van der Waals surface area contributed by atoms with Crippen molar-refractivity contribution < 1.29 is 14.3 Å². The SMILES string of the molecule is CN(CCOc1ccc(Cl)cc1)CN1C(=O)c2ccccc2C1=O. The third-order valence-electron chi connectivity index (χ3n) is 3.82. The van der Waals surface area contributed by atoms with Crippen LogP contribution >= 0.6 is 11.6 Å². The molecule has 6 heteroatoms. The average molecular weight is 345 g/mol. The van der Waals surface area contributed by atoms with Gasteiger partial charge in [0.25, 0.3) is 11.8 Å². The second-order valence-electron chi connectivity index (χ2n) is 5.61. The molecule has 1 aliphatic heterocycles. The number of fused-ring (bicyclic) bond motifs is 1. The molecule has 1 aliphatic rings. The summed E-state index contributed by atoms with van der Waals surface area (Å²) in [6.07, 6.45) is 0. The molecule has 0 N–H and O–H groups in total. The van der Waals surface area contributed by atoms with Gasteiger partial charge in [0.1, 0.15) is 12.4 Å². The van der Waals surface area contributed by atoms with Crippen LogP contribution in [0, 0.1) is 0 Å². The van der Waals surface area contributed by atoms with Crippen LogP contribution in [-0.4, -0.2) is 48.5 Å². The molecule has 0 aromatic heterocycles. The largest absolute Gasteiger partial charge is 0.492 e. The molecular weight excluding hydrogens is 328 g/mol. The Morgan fingerprint density at radius 2 is 1.58 bits per heavy atom. The van der Waals surface area contributed by atoms with Crippen molar-refractivity contribution in [3.63, 3.8) is 0 Å². The van der Waals surface area contributed by atoms with Crippen LogP contribution in [-0.2, 0) is 0 Å². The summed E-state index contributed by atoms with van der Waals surface area (Å²) in [4.78, 5) is 27.7. The van der Waals surface area contributed by atoms with E-state index in [4.69, 9.17) is 16.3 Å². The van der Waals surface area contributed by atoms with E-state index in [9.17, 15) is 9.59 Å². The van der Waals surface area contributed by atoms with Gasteiger partial charge in [0.15, 0.2) is 0 Å². The molecule has 0 unspecified atom stereocenters. The van der Waals surface area contributed by atoms with Crippen LogP contribution in [0.15, 0.2) is 48.5 Å². The minimum Gasteiger partial charge on any atom is -0.492 e. The summed E-state index contributed by atoms with van der Waals surface area (Å²) in [5.74, 6) is 0.232. The lowest BCUT2D eigenvalue weighted by Crippen LogP contribution is -2.40. The molecule has 1 heterocycles. The van der Waals surface area contributed by atoms with Crippen LogP contribution in [0.2, 0.25) is 5.02 Å². The monoisotopic (exact) mass is 344 g/mol. The quantitative estimate of drug-likeness (QED) is 0.756. The topological polar surface area (TPSA) is 49.9 Å². The molecule has 0 fully saturated rings. The minimum absolute atomic E-state index is 0.232. The molecule has 5 nitrogen and oxygen atoms in total. The maximum atomic E-state index is 12.3. The lowest BCUT2D eigenvalue weighted by molar-refractivity contribution is 0.0553. The fourth-order valence-corrected chi connectivity index (χ4v) is 2.66. The molecule has 2 aromatic carbocycles. The first-order valence-corrected chi connectivity index (χ1v) is 7.96. The zero-order chi connectivity index (χ0) is 17.1. The van der Waals surface area contributed by atoms with Gasteiger partial charge in [0.2, 0.25) is 0 Å². The predicted octanol–water partition coefficient (Wildman–Crippen LogP) is 2.90. The van der Waals surface area contributed by atoms with Crippen molar-refractivity contribution in [2.24, 2.45) is 0 Å². The van der Waals surface area contributed by atoms with Gasteiger partial charge in [-0.25, -0.2) is 0 Å². The van der Waals surface area contributed by atoms with E-state index in [2.05, 4.69) is 0 Å². The number of benzene rings is 2. The van der Waals surface area contributed by atoms with Gasteiger partial charge in [0, 0.05) is 11.6 Å². The van der Waals surface area contributed by atoms with Crippen molar-refractivity contribution in [2.75, 3.05) is 26.9 Å². The molecule has 0 aliphatic carbocycles. The van der Waals surface area contributed by atoms with Crippen molar-refractivity contribution in [1.29, 1.82) is 0 Å². The summed E-state index contributed by atoms with van der Waals surface area (Å²) in [5, 5.41) is 0.657. The number of rotatable bonds is 6. The number of hydrogen-bond acceptors (Lipinski definition) is 4. The van der Waals surface area contributed by atoms with Crippen molar-refractivity contribution >= 4 is 23.4 Å². The molecule has 0 radical (unpaired) electrons. The molecule has 0 spiro atoms. The fourth-order valence-electron chi connectivity index (χ4n) is 2.53. The highest BCUT2D eigenvalue weighted by Gasteiger charge is 2.35. The van der Waals surface area contributed by atoms with E-state index in [1.165, 1.54) is 4.90 Å². The summed E-state index contributed by atoms with van der Waals surface area (Å²) in [5.41, 5.74) is 0.932. The molecular formula is C18H17ClN2O3. The number of hydrogen-bond donors (Lipinski definition) is 0. The first kappa shape index (κ1) is 16.5. The molecule has 0 atom stereocenters. The summed E-state index contributed by atoms with van der Waals surface area (Å²) in [6, 6.07) is 14.0. The second-order valence-corrected chi connectivity index (χ2v) is 6.04. The number of nitrogens with zero attached hydrogens (tertiary/aromatic N) is 2. The van der Waals surface area contributed by atoms with Crippen LogP contribution in [0.25, 0.3) is 0 Å². The van der Waals surface area contributed by atoms with Gasteiger partial charge in [-0.1, -0.05) is 23.7 Å². The standard InChI is InChI=1S/C18H17ClN2O3/c1-20(10-11-24-14-8-6-13(19)7-9-14)12-21-17(22)15-4-2-3-5-16(15)18(21)23/h2-9H,10-12H2,1H3. The van der Waals surface area contributed by atoms with Gasteiger partial charge in [-0.05, 0) is 43.4 Å².